The molecule has 1 aliphatic heterocycles. The van der Waals surface area contributed by atoms with Crippen molar-refractivity contribution in [1.82, 2.24) is 25.1 Å². The summed E-state index contributed by atoms with van der Waals surface area (Å²) in [6.45, 7) is 1.55. The smallest absolute Gasteiger partial charge is 0.271 e. The number of carbonyl (C=O) groups is 1. The van der Waals surface area contributed by atoms with Crippen LogP contribution in [0.2, 0.25) is 0 Å². The Kier molecular flexibility index (Phi) is 4.55. The third-order valence-corrected chi connectivity index (χ3v) is 4.19. The number of amides is 1. The lowest BCUT2D eigenvalue weighted by Crippen LogP contribution is -2.40. The maximum atomic E-state index is 12.5. The average Bonchev–Trinajstić information content (AvgIpc) is 3.09. The molecule has 3 rings (SSSR count). The molecule has 7 nitrogen and oxygen atoms in total. The van der Waals surface area contributed by atoms with Gasteiger partial charge in [0.05, 0.1) is 5.69 Å². The summed E-state index contributed by atoms with van der Waals surface area (Å²) in [4.78, 5) is 25.2. The number of nitrogens with one attached hydrogen (secondary N) is 1. The second kappa shape index (κ2) is 6.76. The zero-order valence-corrected chi connectivity index (χ0v) is 13.6. The lowest BCUT2D eigenvalue weighted by atomic mass is 9.93. The van der Waals surface area contributed by atoms with E-state index in [1.54, 1.807) is 24.7 Å². The number of piperidine rings is 1. The number of hydrogen-bond donors (Lipinski definition) is 1. The van der Waals surface area contributed by atoms with Crippen molar-refractivity contribution in [2.45, 2.75) is 19.3 Å². The van der Waals surface area contributed by atoms with E-state index in [1.165, 1.54) is 0 Å². The van der Waals surface area contributed by atoms with Crippen molar-refractivity contribution < 1.29 is 4.79 Å². The van der Waals surface area contributed by atoms with Crippen molar-refractivity contribution in [2.75, 3.05) is 32.1 Å². The topological polar surface area (TPSA) is 78.0 Å². The molecule has 1 saturated heterocycles. The molecule has 1 amide bonds. The van der Waals surface area contributed by atoms with E-state index in [1.807, 2.05) is 23.9 Å². The van der Waals surface area contributed by atoms with Crippen molar-refractivity contribution in [1.29, 1.82) is 0 Å². The van der Waals surface area contributed by atoms with Crippen molar-refractivity contribution in [2.24, 2.45) is 5.92 Å². The van der Waals surface area contributed by atoms with Crippen LogP contribution in [0.4, 0.5) is 5.82 Å². The third-order valence-electron chi connectivity index (χ3n) is 4.19. The number of H-pyrrole nitrogens is 1. The van der Waals surface area contributed by atoms with Gasteiger partial charge in [-0.2, -0.15) is 5.10 Å². The van der Waals surface area contributed by atoms with E-state index in [0.717, 1.165) is 43.9 Å². The maximum absolute atomic E-state index is 12.5. The molecule has 1 unspecified atom stereocenters. The van der Waals surface area contributed by atoms with Crippen LogP contribution in [0.1, 0.15) is 29.0 Å². The van der Waals surface area contributed by atoms with Gasteiger partial charge in [-0.05, 0) is 31.2 Å². The van der Waals surface area contributed by atoms with Crippen LogP contribution < -0.4 is 4.90 Å². The number of likely N-dealkylation sites (tertiary alicyclic amines) is 1. The third kappa shape index (κ3) is 3.49. The molecule has 0 spiro atoms. The molecule has 1 atom stereocenters. The van der Waals surface area contributed by atoms with Crippen LogP contribution in [-0.4, -0.2) is 58.2 Å². The van der Waals surface area contributed by atoms with E-state index >= 15 is 0 Å². The Balaban J connectivity index is 1.69. The average molecular weight is 314 g/mol. The van der Waals surface area contributed by atoms with Gasteiger partial charge in [-0.3, -0.25) is 14.9 Å². The van der Waals surface area contributed by atoms with Crippen molar-refractivity contribution in [3.63, 3.8) is 0 Å². The van der Waals surface area contributed by atoms with E-state index in [2.05, 4.69) is 20.2 Å². The fourth-order valence-corrected chi connectivity index (χ4v) is 3.11. The minimum Gasteiger partial charge on any atom is -0.361 e. The molecular weight excluding hydrogens is 292 g/mol. The fourth-order valence-electron chi connectivity index (χ4n) is 3.11. The summed E-state index contributed by atoms with van der Waals surface area (Å²) in [5.74, 6) is 1.34. The van der Waals surface area contributed by atoms with Gasteiger partial charge in [0.2, 0.25) is 0 Å². The predicted molar refractivity (Wildman–Crippen MR) is 87.3 cm³/mol. The van der Waals surface area contributed by atoms with Crippen molar-refractivity contribution >= 4 is 11.7 Å². The minimum absolute atomic E-state index is 0.0270. The van der Waals surface area contributed by atoms with Crippen LogP contribution in [0.25, 0.3) is 0 Å². The summed E-state index contributed by atoms with van der Waals surface area (Å²) in [5, 5.41) is 6.61. The highest BCUT2D eigenvalue weighted by Crippen LogP contribution is 2.24. The van der Waals surface area contributed by atoms with Gasteiger partial charge in [0.15, 0.2) is 0 Å². The Bertz CT molecular complexity index is 654. The zero-order chi connectivity index (χ0) is 16.2. The Morgan fingerprint density at radius 2 is 2.17 bits per heavy atom. The van der Waals surface area contributed by atoms with Gasteiger partial charge in [-0.1, -0.05) is 0 Å². The number of aromatic amines is 1. The summed E-state index contributed by atoms with van der Waals surface area (Å²) >= 11 is 0. The molecule has 7 heteroatoms. The Hall–Kier alpha value is -2.44. The van der Waals surface area contributed by atoms with E-state index in [4.69, 9.17) is 0 Å². The highest BCUT2D eigenvalue weighted by molar-refractivity contribution is 5.92. The highest BCUT2D eigenvalue weighted by atomic mass is 16.2. The standard InChI is InChI=1S/C16H22N6O/c1-21(2)15-14(17-7-8-18-15)10-12-4-3-9-22(11-12)16(23)13-5-6-19-20-13/h5-8,12H,3-4,9-11H2,1-2H3,(H,19,20). The second-order valence-corrected chi connectivity index (χ2v) is 6.15. The van der Waals surface area contributed by atoms with Gasteiger partial charge in [-0.15, -0.1) is 0 Å². The summed E-state index contributed by atoms with van der Waals surface area (Å²) < 4.78 is 0. The number of aromatic nitrogens is 4. The zero-order valence-electron chi connectivity index (χ0n) is 13.6. The Morgan fingerprint density at radius 3 is 2.91 bits per heavy atom. The normalized spacial score (nSPS) is 18.0. The molecule has 0 radical (unpaired) electrons. The van der Waals surface area contributed by atoms with E-state index in [9.17, 15) is 4.79 Å². The summed E-state index contributed by atoms with van der Waals surface area (Å²) in [6.07, 6.45) is 8.02. The largest absolute Gasteiger partial charge is 0.361 e. The number of anilines is 1. The van der Waals surface area contributed by atoms with Gasteiger partial charge in [0.1, 0.15) is 11.5 Å². The molecule has 0 aromatic carbocycles. The first-order valence-corrected chi connectivity index (χ1v) is 7.91. The van der Waals surface area contributed by atoms with Crippen LogP contribution in [0.15, 0.2) is 24.7 Å². The summed E-state index contributed by atoms with van der Waals surface area (Å²) in [7, 11) is 3.95. The molecular formula is C16H22N6O. The molecule has 3 heterocycles. The molecule has 122 valence electrons. The summed E-state index contributed by atoms with van der Waals surface area (Å²) in [5.41, 5.74) is 1.55. The van der Waals surface area contributed by atoms with E-state index in [0.29, 0.717) is 11.6 Å². The monoisotopic (exact) mass is 314 g/mol. The van der Waals surface area contributed by atoms with Crippen LogP contribution in [0.5, 0.6) is 0 Å². The Morgan fingerprint density at radius 1 is 1.35 bits per heavy atom. The quantitative estimate of drug-likeness (QED) is 0.922. The molecule has 1 aliphatic rings. The Labute approximate surface area is 135 Å². The molecule has 1 fully saturated rings. The molecule has 0 bridgehead atoms. The highest BCUT2D eigenvalue weighted by Gasteiger charge is 2.26. The lowest BCUT2D eigenvalue weighted by Gasteiger charge is -2.32. The molecule has 0 aliphatic carbocycles. The van der Waals surface area contributed by atoms with Crippen molar-refractivity contribution in [3.05, 3.63) is 36.0 Å². The predicted octanol–water partition coefficient (Wildman–Crippen LogP) is 1.36. The van der Waals surface area contributed by atoms with Crippen LogP contribution >= 0.6 is 0 Å². The van der Waals surface area contributed by atoms with Crippen LogP contribution in [0.3, 0.4) is 0 Å². The maximum Gasteiger partial charge on any atom is 0.271 e. The van der Waals surface area contributed by atoms with Gasteiger partial charge >= 0.3 is 0 Å². The lowest BCUT2D eigenvalue weighted by molar-refractivity contribution is 0.0667. The first-order valence-electron chi connectivity index (χ1n) is 7.91. The molecule has 2 aromatic heterocycles. The minimum atomic E-state index is 0.0270. The second-order valence-electron chi connectivity index (χ2n) is 6.15. The fraction of sp³-hybridized carbons (Fsp3) is 0.500. The van der Waals surface area contributed by atoms with E-state index in [-0.39, 0.29) is 5.91 Å². The number of hydrogen-bond acceptors (Lipinski definition) is 5. The number of carbonyl (C=O) groups excluding carboxylic acids is 1. The molecule has 1 N–H and O–H groups in total. The first kappa shape index (κ1) is 15.5. The van der Waals surface area contributed by atoms with Gasteiger partial charge in [0.25, 0.3) is 5.91 Å². The van der Waals surface area contributed by atoms with Gasteiger partial charge in [-0.25, -0.2) is 4.98 Å². The van der Waals surface area contributed by atoms with E-state index < -0.39 is 0 Å². The first-order chi connectivity index (χ1) is 11.1. The SMILES string of the molecule is CN(C)c1nccnc1CC1CCCN(C(=O)c2ccn[nH]2)C1. The van der Waals surface area contributed by atoms with Gasteiger partial charge in [0, 0.05) is 45.8 Å². The van der Waals surface area contributed by atoms with Crippen molar-refractivity contribution in [3.8, 4) is 0 Å². The van der Waals surface area contributed by atoms with Crippen LogP contribution in [-0.2, 0) is 6.42 Å². The summed E-state index contributed by atoms with van der Waals surface area (Å²) in [6, 6.07) is 1.72. The number of rotatable bonds is 4. The van der Waals surface area contributed by atoms with Gasteiger partial charge < -0.3 is 9.80 Å². The molecule has 23 heavy (non-hydrogen) atoms. The van der Waals surface area contributed by atoms with Crippen LogP contribution in [0, 0.1) is 5.92 Å². The number of nitrogens with zero attached hydrogens (tertiary/aromatic N) is 5. The molecule has 2 aromatic rings. The molecule has 0 saturated carbocycles.